The van der Waals surface area contributed by atoms with Crippen molar-refractivity contribution in [2.45, 2.75) is 19.8 Å². The smallest absolute Gasteiger partial charge is 0.258 e. The summed E-state index contributed by atoms with van der Waals surface area (Å²) in [6, 6.07) is 9.92. The van der Waals surface area contributed by atoms with E-state index in [0.29, 0.717) is 19.0 Å². The van der Waals surface area contributed by atoms with Crippen LogP contribution in [-0.2, 0) is 0 Å². The fourth-order valence-electron chi connectivity index (χ4n) is 1.85. The predicted molar refractivity (Wildman–Crippen MR) is 77.8 cm³/mol. The molecule has 0 atom stereocenters. The van der Waals surface area contributed by atoms with Crippen molar-refractivity contribution in [3.05, 3.63) is 35.9 Å². The molecule has 19 heavy (non-hydrogen) atoms. The Morgan fingerprint density at radius 1 is 1.26 bits per heavy atom. The van der Waals surface area contributed by atoms with Gasteiger partial charge in [0.2, 0.25) is 0 Å². The number of halogens is 1. The molecule has 2 rings (SSSR count). The SMILES string of the molecule is CC(C)c1c(OCCN)noc1-c1ccccc1.Cl. The van der Waals surface area contributed by atoms with Gasteiger partial charge in [0.05, 0.1) is 5.56 Å². The number of nitrogens with zero attached hydrogens (tertiary/aromatic N) is 1. The molecule has 1 heterocycles. The van der Waals surface area contributed by atoms with Crippen LogP contribution in [0.3, 0.4) is 0 Å². The van der Waals surface area contributed by atoms with Crippen LogP contribution in [0.15, 0.2) is 34.9 Å². The highest BCUT2D eigenvalue weighted by Gasteiger charge is 2.21. The second kappa shape index (κ2) is 7.16. The molecular formula is C14H19ClN2O2. The van der Waals surface area contributed by atoms with Crippen molar-refractivity contribution in [1.29, 1.82) is 0 Å². The molecule has 0 bridgehead atoms. The summed E-state index contributed by atoms with van der Waals surface area (Å²) in [6.07, 6.45) is 0. The Hall–Kier alpha value is -1.52. The highest BCUT2D eigenvalue weighted by atomic mass is 35.5. The molecule has 0 radical (unpaired) electrons. The quantitative estimate of drug-likeness (QED) is 0.915. The van der Waals surface area contributed by atoms with Crippen LogP contribution in [-0.4, -0.2) is 18.3 Å². The Bertz CT molecular complexity index is 497. The summed E-state index contributed by atoms with van der Waals surface area (Å²) in [4.78, 5) is 0. The molecule has 1 aromatic heterocycles. The maximum Gasteiger partial charge on any atom is 0.258 e. The number of nitrogens with two attached hydrogens (primary N) is 1. The van der Waals surface area contributed by atoms with Crippen molar-refractivity contribution >= 4 is 12.4 Å². The first-order valence-electron chi connectivity index (χ1n) is 6.12. The van der Waals surface area contributed by atoms with Crippen LogP contribution < -0.4 is 10.5 Å². The van der Waals surface area contributed by atoms with Gasteiger partial charge >= 0.3 is 0 Å². The molecule has 5 heteroatoms. The van der Waals surface area contributed by atoms with Crippen LogP contribution in [0.1, 0.15) is 25.3 Å². The summed E-state index contributed by atoms with van der Waals surface area (Å²) in [6.45, 7) is 5.09. The summed E-state index contributed by atoms with van der Waals surface area (Å²) in [5, 5.41) is 4.00. The zero-order valence-electron chi connectivity index (χ0n) is 11.1. The molecule has 104 valence electrons. The molecule has 0 aliphatic heterocycles. The molecule has 4 nitrogen and oxygen atoms in total. The minimum atomic E-state index is 0. The van der Waals surface area contributed by atoms with E-state index in [2.05, 4.69) is 19.0 Å². The fourth-order valence-corrected chi connectivity index (χ4v) is 1.85. The van der Waals surface area contributed by atoms with Crippen LogP contribution in [0.2, 0.25) is 0 Å². The molecule has 0 aliphatic rings. The van der Waals surface area contributed by atoms with Crippen LogP contribution in [0, 0.1) is 0 Å². The van der Waals surface area contributed by atoms with E-state index in [4.69, 9.17) is 15.0 Å². The second-order valence-corrected chi connectivity index (χ2v) is 4.39. The number of ether oxygens (including phenoxy) is 1. The Morgan fingerprint density at radius 2 is 1.95 bits per heavy atom. The van der Waals surface area contributed by atoms with Crippen molar-refractivity contribution in [3.63, 3.8) is 0 Å². The molecule has 0 amide bonds. The van der Waals surface area contributed by atoms with E-state index in [1.807, 2.05) is 30.3 Å². The Morgan fingerprint density at radius 3 is 2.53 bits per heavy atom. The lowest BCUT2D eigenvalue weighted by Crippen LogP contribution is -2.11. The predicted octanol–water partition coefficient (Wildman–Crippen LogP) is 3.22. The van der Waals surface area contributed by atoms with Crippen LogP contribution in [0.4, 0.5) is 0 Å². The average Bonchev–Trinajstić information content (AvgIpc) is 2.81. The summed E-state index contributed by atoms with van der Waals surface area (Å²) in [5.41, 5.74) is 7.44. The Labute approximate surface area is 119 Å². The highest BCUT2D eigenvalue weighted by molar-refractivity contribution is 5.85. The molecule has 1 aromatic carbocycles. The van der Waals surface area contributed by atoms with Crippen LogP contribution in [0.5, 0.6) is 5.88 Å². The van der Waals surface area contributed by atoms with Gasteiger partial charge in [0, 0.05) is 12.1 Å². The molecule has 0 spiro atoms. The van der Waals surface area contributed by atoms with E-state index in [1.54, 1.807) is 0 Å². The van der Waals surface area contributed by atoms with Crippen molar-refractivity contribution in [3.8, 4) is 17.2 Å². The minimum absolute atomic E-state index is 0. The van der Waals surface area contributed by atoms with Gasteiger partial charge < -0.3 is 15.0 Å². The Balaban J connectivity index is 0.00000180. The van der Waals surface area contributed by atoms with Gasteiger partial charge in [-0.15, -0.1) is 12.4 Å². The van der Waals surface area contributed by atoms with Gasteiger partial charge in [0.15, 0.2) is 5.76 Å². The highest BCUT2D eigenvalue weighted by Crippen LogP contribution is 2.35. The van der Waals surface area contributed by atoms with Gasteiger partial charge in [0.25, 0.3) is 5.88 Å². The van der Waals surface area contributed by atoms with Crippen molar-refractivity contribution in [2.75, 3.05) is 13.2 Å². The topological polar surface area (TPSA) is 61.3 Å². The van der Waals surface area contributed by atoms with Crippen molar-refractivity contribution < 1.29 is 9.26 Å². The molecule has 2 N–H and O–H groups in total. The Kier molecular flexibility index (Phi) is 5.86. The van der Waals surface area contributed by atoms with E-state index < -0.39 is 0 Å². The fraction of sp³-hybridized carbons (Fsp3) is 0.357. The number of benzene rings is 1. The lowest BCUT2D eigenvalue weighted by atomic mass is 10.00. The average molecular weight is 283 g/mol. The van der Waals surface area contributed by atoms with Gasteiger partial charge in [-0.05, 0) is 11.1 Å². The summed E-state index contributed by atoms with van der Waals surface area (Å²) < 4.78 is 10.9. The molecule has 0 aliphatic carbocycles. The largest absolute Gasteiger partial charge is 0.474 e. The van der Waals surface area contributed by atoms with Gasteiger partial charge in [-0.3, -0.25) is 0 Å². The number of hydrogen-bond donors (Lipinski definition) is 1. The summed E-state index contributed by atoms with van der Waals surface area (Å²) >= 11 is 0. The van der Waals surface area contributed by atoms with E-state index >= 15 is 0 Å². The molecule has 0 fully saturated rings. The first-order valence-corrected chi connectivity index (χ1v) is 6.12. The van der Waals surface area contributed by atoms with E-state index in [-0.39, 0.29) is 18.3 Å². The monoisotopic (exact) mass is 282 g/mol. The standard InChI is InChI=1S/C14H18N2O2.ClH/c1-10(2)12-13(11-6-4-3-5-7-11)18-16-14(12)17-9-8-15;/h3-7,10H,8-9,15H2,1-2H3;1H. The van der Waals surface area contributed by atoms with Gasteiger partial charge in [-0.2, -0.15) is 0 Å². The zero-order chi connectivity index (χ0) is 13.0. The van der Waals surface area contributed by atoms with Crippen LogP contribution in [0.25, 0.3) is 11.3 Å². The second-order valence-electron chi connectivity index (χ2n) is 4.39. The molecular weight excluding hydrogens is 264 g/mol. The molecule has 0 unspecified atom stereocenters. The minimum Gasteiger partial charge on any atom is -0.474 e. The van der Waals surface area contributed by atoms with Gasteiger partial charge in [0.1, 0.15) is 6.61 Å². The van der Waals surface area contributed by atoms with E-state index in [0.717, 1.165) is 16.9 Å². The van der Waals surface area contributed by atoms with Crippen molar-refractivity contribution in [1.82, 2.24) is 5.16 Å². The molecule has 0 saturated heterocycles. The first kappa shape index (κ1) is 15.5. The third kappa shape index (κ3) is 3.49. The molecule has 2 aromatic rings. The normalized spacial score (nSPS) is 10.3. The first-order chi connectivity index (χ1) is 8.74. The zero-order valence-corrected chi connectivity index (χ0v) is 11.9. The summed E-state index contributed by atoms with van der Waals surface area (Å²) in [5.74, 6) is 1.60. The maximum atomic E-state index is 5.52. The maximum absolute atomic E-state index is 5.52. The van der Waals surface area contributed by atoms with Gasteiger partial charge in [-0.25, -0.2) is 0 Å². The van der Waals surface area contributed by atoms with E-state index in [9.17, 15) is 0 Å². The summed E-state index contributed by atoms with van der Waals surface area (Å²) in [7, 11) is 0. The van der Waals surface area contributed by atoms with Gasteiger partial charge in [-0.1, -0.05) is 44.2 Å². The number of hydrogen-bond acceptors (Lipinski definition) is 4. The lowest BCUT2D eigenvalue weighted by Gasteiger charge is -2.07. The lowest BCUT2D eigenvalue weighted by molar-refractivity contribution is 0.286. The number of rotatable bonds is 5. The van der Waals surface area contributed by atoms with Crippen LogP contribution >= 0.6 is 12.4 Å². The molecule has 0 saturated carbocycles. The third-order valence-electron chi connectivity index (χ3n) is 2.66. The van der Waals surface area contributed by atoms with Crippen molar-refractivity contribution in [2.24, 2.45) is 5.73 Å². The number of aromatic nitrogens is 1. The third-order valence-corrected chi connectivity index (χ3v) is 2.66. The van der Waals surface area contributed by atoms with E-state index in [1.165, 1.54) is 0 Å².